The maximum atomic E-state index is 14.4. The third-order valence-electron chi connectivity index (χ3n) is 6.25. The van der Waals surface area contributed by atoms with E-state index in [4.69, 9.17) is 14.2 Å². The van der Waals surface area contributed by atoms with E-state index in [0.717, 1.165) is 5.56 Å². The largest absolute Gasteiger partial charge is 0.493 e. The Morgan fingerprint density at radius 3 is 2.09 bits per heavy atom. The van der Waals surface area contributed by atoms with Gasteiger partial charge in [0.2, 0.25) is 5.75 Å². The summed E-state index contributed by atoms with van der Waals surface area (Å²) >= 11 is 0. The molecule has 1 saturated heterocycles. The topological polar surface area (TPSA) is 77.8 Å². The van der Waals surface area contributed by atoms with E-state index < -0.39 is 0 Å². The quantitative estimate of drug-likeness (QED) is 0.504. The van der Waals surface area contributed by atoms with E-state index in [9.17, 15) is 4.39 Å². The number of aromatic nitrogens is 4. The highest BCUT2D eigenvalue weighted by Crippen LogP contribution is 2.42. The molecule has 4 rings (SSSR count). The second-order valence-electron chi connectivity index (χ2n) is 9.46. The van der Waals surface area contributed by atoms with E-state index in [1.807, 2.05) is 28.9 Å². The molecule has 3 aromatic rings. The lowest BCUT2D eigenvalue weighted by Crippen LogP contribution is -2.49. The normalized spacial score (nSPS) is 15.7. The van der Waals surface area contributed by atoms with Crippen LogP contribution in [0.15, 0.2) is 36.4 Å². The van der Waals surface area contributed by atoms with E-state index >= 15 is 0 Å². The maximum Gasteiger partial charge on any atom is 0.203 e. The molecule has 0 bridgehead atoms. The van der Waals surface area contributed by atoms with Gasteiger partial charge in [0, 0.05) is 26.2 Å². The number of para-hydroxylation sites is 1. The molecule has 9 nitrogen and oxygen atoms in total. The first kappa shape index (κ1) is 24.7. The molecule has 1 aromatic heterocycles. The van der Waals surface area contributed by atoms with Crippen molar-refractivity contribution in [2.45, 2.75) is 32.4 Å². The molecule has 2 heterocycles. The Kier molecular flexibility index (Phi) is 7.11. The Morgan fingerprint density at radius 2 is 1.54 bits per heavy atom. The van der Waals surface area contributed by atoms with Gasteiger partial charge in [0.25, 0.3) is 0 Å². The number of halogens is 1. The van der Waals surface area contributed by atoms with Gasteiger partial charge in [-0.15, -0.1) is 5.10 Å². The molecule has 188 valence electrons. The van der Waals surface area contributed by atoms with Crippen LogP contribution in [-0.2, 0) is 5.54 Å². The number of piperazine rings is 1. The summed E-state index contributed by atoms with van der Waals surface area (Å²) in [5.41, 5.74) is 1.21. The first-order valence-electron chi connectivity index (χ1n) is 11.6. The first-order chi connectivity index (χ1) is 16.8. The first-order valence-corrected chi connectivity index (χ1v) is 11.6. The average Bonchev–Trinajstić information content (AvgIpc) is 3.34. The molecular weight excluding hydrogens is 451 g/mol. The lowest BCUT2D eigenvalue weighted by Gasteiger charge is -2.40. The van der Waals surface area contributed by atoms with Gasteiger partial charge in [0.1, 0.15) is 5.82 Å². The van der Waals surface area contributed by atoms with Crippen molar-refractivity contribution in [2.75, 3.05) is 52.4 Å². The fourth-order valence-electron chi connectivity index (χ4n) is 4.55. The number of hydrogen-bond donors (Lipinski definition) is 0. The van der Waals surface area contributed by atoms with Crippen molar-refractivity contribution in [3.05, 3.63) is 53.6 Å². The molecule has 1 aliphatic heterocycles. The minimum absolute atomic E-state index is 0.209. The zero-order chi connectivity index (χ0) is 25.2. The summed E-state index contributed by atoms with van der Waals surface area (Å²) in [7, 11) is 4.78. The summed E-state index contributed by atoms with van der Waals surface area (Å²) < 4.78 is 33.1. The van der Waals surface area contributed by atoms with Crippen LogP contribution in [0, 0.1) is 5.82 Å². The van der Waals surface area contributed by atoms with E-state index in [1.54, 1.807) is 27.4 Å². The van der Waals surface area contributed by atoms with Gasteiger partial charge in [-0.2, -0.15) is 0 Å². The van der Waals surface area contributed by atoms with Crippen molar-refractivity contribution >= 4 is 5.69 Å². The predicted octanol–water partition coefficient (Wildman–Crippen LogP) is 3.50. The SMILES string of the molecule is COc1cc([C@@H](c2nnnn2C(C)(C)C)N2CCN(c3ccccc3F)CC2)cc(OC)c1OC. The summed E-state index contributed by atoms with van der Waals surface area (Å²) in [4.78, 5) is 4.39. The van der Waals surface area contributed by atoms with Crippen molar-refractivity contribution in [3.8, 4) is 17.2 Å². The van der Waals surface area contributed by atoms with Crippen LogP contribution in [0.5, 0.6) is 17.2 Å². The molecule has 35 heavy (non-hydrogen) atoms. The monoisotopic (exact) mass is 484 g/mol. The average molecular weight is 485 g/mol. The van der Waals surface area contributed by atoms with E-state index in [2.05, 4.69) is 46.1 Å². The zero-order valence-corrected chi connectivity index (χ0v) is 21.2. The highest BCUT2D eigenvalue weighted by Gasteiger charge is 2.34. The molecule has 0 saturated carbocycles. The molecular formula is C25H33FN6O3. The van der Waals surface area contributed by atoms with Crippen LogP contribution in [-0.4, -0.2) is 72.6 Å². The lowest BCUT2D eigenvalue weighted by atomic mass is 10.00. The van der Waals surface area contributed by atoms with Gasteiger partial charge in [-0.05, 0) is 61.0 Å². The molecule has 1 atom stereocenters. The van der Waals surface area contributed by atoms with Crippen LogP contribution < -0.4 is 19.1 Å². The van der Waals surface area contributed by atoms with E-state index in [0.29, 0.717) is 54.9 Å². The maximum absolute atomic E-state index is 14.4. The molecule has 1 fully saturated rings. The Labute approximate surface area is 205 Å². The van der Waals surface area contributed by atoms with E-state index in [1.165, 1.54) is 6.07 Å². The molecule has 0 spiro atoms. The third kappa shape index (κ3) is 4.88. The molecule has 0 N–H and O–H groups in total. The second-order valence-corrected chi connectivity index (χ2v) is 9.46. The molecule has 10 heteroatoms. The van der Waals surface area contributed by atoms with Crippen LogP contribution in [0.4, 0.5) is 10.1 Å². The van der Waals surface area contributed by atoms with Crippen molar-refractivity contribution in [2.24, 2.45) is 0 Å². The number of anilines is 1. The smallest absolute Gasteiger partial charge is 0.203 e. The van der Waals surface area contributed by atoms with Crippen LogP contribution in [0.2, 0.25) is 0 Å². The molecule has 0 amide bonds. The van der Waals surface area contributed by atoms with Crippen LogP contribution in [0.25, 0.3) is 0 Å². The summed E-state index contributed by atoms with van der Waals surface area (Å²) in [6.07, 6.45) is 0. The van der Waals surface area contributed by atoms with Gasteiger partial charge in [-0.25, -0.2) is 9.07 Å². The number of hydrogen-bond acceptors (Lipinski definition) is 8. The van der Waals surface area contributed by atoms with Crippen LogP contribution in [0.3, 0.4) is 0 Å². The molecule has 2 aromatic carbocycles. The van der Waals surface area contributed by atoms with Gasteiger partial charge in [0.15, 0.2) is 17.3 Å². The van der Waals surface area contributed by atoms with Gasteiger partial charge >= 0.3 is 0 Å². The molecule has 0 aliphatic carbocycles. The minimum Gasteiger partial charge on any atom is -0.493 e. The van der Waals surface area contributed by atoms with Crippen molar-refractivity contribution in [3.63, 3.8) is 0 Å². The van der Waals surface area contributed by atoms with Crippen molar-refractivity contribution in [1.82, 2.24) is 25.1 Å². The summed E-state index contributed by atoms with van der Waals surface area (Å²) in [5, 5.41) is 12.8. The van der Waals surface area contributed by atoms with Gasteiger partial charge < -0.3 is 19.1 Å². The van der Waals surface area contributed by atoms with Crippen molar-refractivity contribution in [1.29, 1.82) is 0 Å². The van der Waals surface area contributed by atoms with Gasteiger partial charge in [0.05, 0.1) is 38.6 Å². The highest BCUT2D eigenvalue weighted by molar-refractivity contribution is 5.55. The fraction of sp³-hybridized carbons (Fsp3) is 0.480. The van der Waals surface area contributed by atoms with Crippen molar-refractivity contribution < 1.29 is 18.6 Å². The minimum atomic E-state index is -0.327. The van der Waals surface area contributed by atoms with E-state index in [-0.39, 0.29) is 17.4 Å². The van der Waals surface area contributed by atoms with Gasteiger partial charge in [-0.1, -0.05) is 12.1 Å². The molecule has 0 radical (unpaired) electrons. The Bertz CT molecular complexity index is 1130. The number of methoxy groups -OCH3 is 3. The van der Waals surface area contributed by atoms with Gasteiger partial charge in [-0.3, -0.25) is 4.90 Å². The Hall–Kier alpha value is -3.40. The second kappa shape index (κ2) is 10.1. The standard InChI is InChI=1S/C25H33FN6O3/c1-25(2,3)32-24(27-28-29-32)22(17-15-20(33-4)23(35-6)21(16-17)34-5)31-13-11-30(12-14-31)19-10-8-7-9-18(19)26/h7-10,15-16,22H,11-14H2,1-6H3/t22-/m0/s1. The summed E-state index contributed by atoms with van der Waals surface area (Å²) in [6, 6.07) is 10.5. The number of ether oxygens (including phenoxy) is 3. The highest BCUT2D eigenvalue weighted by atomic mass is 19.1. The molecule has 0 unspecified atom stereocenters. The Morgan fingerprint density at radius 1 is 0.914 bits per heavy atom. The van der Waals surface area contributed by atoms with Crippen LogP contribution >= 0.6 is 0 Å². The number of tetrazole rings is 1. The third-order valence-corrected chi connectivity index (χ3v) is 6.25. The zero-order valence-electron chi connectivity index (χ0n) is 21.2. The Balaban J connectivity index is 1.75. The molecule has 1 aliphatic rings. The number of benzene rings is 2. The fourth-order valence-corrected chi connectivity index (χ4v) is 4.55. The number of nitrogens with zero attached hydrogens (tertiary/aromatic N) is 6. The number of rotatable bonds is 7. The van der Waals surface area contributed by atoms with Crippen LogP contribution in [0.1, 0.15) is 38.2 Å². The lowest BCUT2D eigenvalue weighted by molar-refractivity contribution is 0.190. The predicted molar refractivity (Wildman–Crippen MR) is 131 cm³/mol. The summed E-state index contributed by atoms with van der Waals surface area (Å²) in [6.45, 7) is 8.90. The summed E-state index contributed by atoms with van der Waals surface area (Å²) in [5.74, 6) is 2.15.